The fraction of sp³-hybridized carbons (Fsp3) is 0.395. The van der Waals surface area contributed by atoms with E-state index in [1.165, 1.54) is 27.4 Å². The Labute approximate surface area is 286 Å². The summed E-state index contributed by atoms with van der Waals surface area (Å²) in [6.45, 7) is 10.6. The number of benzene rings is 2. The summed E-state index contributed by atoms with van der Waals surface area (Å²) in [7, 11) is 0. The molecular formula is C38H43N5O4S. The topological polar surface area (TPSA) is 116 Å². The van der Waals surface area contributed by atoms with Crippen molar-refractivity contribution >= 4 is 34.8 Å². The van der Waals surface area contributed by atoms with Crippen LogP contribution in [0.3, 0.4) is 0 Å². The number of aryl methyl sites for hydroxylation is 1. The zero-order chi connectivity index (χ0) is 34.0. The Kier molecular flexibility index (Phi) is 9.64. The number of carboxylic acids is 1. The van der Waals surface area contributed by atoms with Crippen molar-refractivity contribution in [1.29, 1.82) is 0 Å². The maximum atomic E-state index is 13.5. The number of nitrogens with zero attached hydrogens (tertiary/aromatic N) is 4. The minimum absolute atomic E-state index is 0.0906. The number of piperidine rings is 1. The first-order valence-corrected chi connectivity index (χ1v) is 17.4. The Morgan fingerprint density at radius 3 is 2.27 bits per heavy atom. The lowest BCUT2D eigenvalue weighted by atomic mass is 9.88. The smallest absolute Gasteiger partial charge is 0.310 e. The largest absolute Gasteiger partial charge is 0.481 e. The monoisotopic (exact) mass is 665 g/mol. The Hall–Kier alpha value is -4.57. The zero-order valence-electron chi connectivity index (χ0n) is 28.0. The molecule has 2 aromatic heterocycles. The number of hydrogen-bond acceptors (Lipinski definition) is 7. The predicted octanol–water partition coefficient (Wildman–Crippen LogP) is 6.08. The SMILES string of the molecule is Cc1cccc(C2CCN(c3cnc(-c4ccc(C[C@H](NC(=O)c5ccc(C(C)(C)C)s5)C(=O)N5CC(C(=O)O)C5)cc4)nc3)CC2)c1. The molecule has 2 N–H and O–H groups in total. The molecule has 10 heteroatoms. The van der Waals surface area contributed by atoms with Gasteiger partial charge in [0.25, 0.3) is 5.91 Å². The molecule has 0 unspecified atom stereocenters. The Bertz CT molecular complexity index is 1770. The van der Waals surface area contributed by atoms with Crippen LogP contribution < -0.4 is 10.2 Å². The first-order valence-electron chi connectivity index (χ1n) is 16.6. The Morgan fingerprint density at radius 2 is 1.67 bits per heavy atom. The van der Waals surface area contributed by atoms with Crippen LogP contribution >= 0.6 is 11.3 Å². The maximum absolute atomic E-state index is 13.5. The van der Waals surface area contributed by atoms with Crippen LogP contribution in [-0.2, 0) is 21.4 Å². The van der Waals surface area contributed by atoms with Crippen LogP contribution in [-0.4, -0.2) is 70.0 Å². The van der Waals surface area contributed by atoms with Crippen LogP contribution in [0.15, 0.2) is 73.1 Å². The number of rotatable bonds is 9. The van der Waals surface area contributed by atoms with Crippen LogP contribution in [0.5, 0.6) is 0 Å². The van der Waals surface area contributed by atoms with E-state index in [4.69, 9.17) is 0 Å². The van der Waals surface area contributed by atoms with Crippen molar-refractivity contribution in [3.63, 3.8) is 0 Å². The van der Waals surface area contributed by atoms with Gasteiger partial charge in [-0.05, 0) is 54.4 Å². The van der Waals surface area contributed by atoms with Crippen LogP contribution in [0.4, 0.5) is 5.69 Å². The molecule has 4 aromatic rings. The number of carbonyl (C=O) groups excluding carboxylic acids is 2. The van der Waals surface area contributed by atoms with Gasteiger partial charge in [-0.25, -0.2) is 9.97 Å². The molecule has 1 atom stereocenters. The van der Waals surface area contributed by atoms with E-state index < -0.39 is 17.9 Å². The van der Waals surface area contributed by atoms with E-state index in [9.17, 15) is 19.5 Å². The second kappa shape index (κ2) is 13.9. The van der Waals surface area contributed by atoms with Gasteiger partial charge in [0.05, 0.1) is 28.9 Å². The lowest BCUT2D eigenvalue weighted by Gasteiger charge is -2.38. The number of carbonyl (C=O) groups is 3. The van der Waals surface area contributed by atoms with Crippen molar-refractivity contribution in [2.45, 2.75) is 64.3 Å². The number of aromatic nitrogens is 2. The molecule has 250 valence electrons. The molecule has 0 spiro atoms. The van der Waals surface area contributed by atoms with Gasteiger partial charge in [0, 0.05) is 43.0 Å². The highest BCUT2D eigenvalue weighted by Gasteiger charge is 2.39. The average Bonchev–Trinajstić information content (AvgIpc) is 3.56. The van der Waals surface area contributed by atoms with E-state index in [2.05, 4.69) is 72.1 Å². The minimum Gasteiger partial charge on any atom is -0.481 e. The molecular weight excluding hydrogens is 623 g/mol. The van der Waals surface area contributed by atoms with Crippen molar-refractivity contribution in [2.75, 3.05) is 31.1 Å². The lowest BCUT2D eigenvalue weighted by molar-refractivity contribution is -0.153. The summed E-state index contributed by atoms with van der Waals surface area (Å²) >= 11 is 1.42. The van der Waals surface area contributed by atoms with Crippen molar-refractivity contribution in [3.05, 3.63) is 99.5 Å². The lowest BCUT2D eigenvalue weighted by Crippen LogP contribution is -2.59. The summed E-state index contributed by atoms with van der Waals surface area (Å²) in [5.74, 6) is -0.885. The van der Waals surface area contributed by atoms with Crippen LogP contribution in [0, 0.1) is 12.8 Å². The average molecular weight is 666 g/mol. The number of amides is 2. The third kappa shape index (κ3) is 7.59. The van der Waals surface area contributed by atoms with Crippen molar-refractivity contribution in [3.8, 4) is 11.4 Å². The molecule has 0 saturated carbocycles. The maximum Gasteiger partial charge on any atom is 0.310 e. The second-order valence-corrected chi connectivity index (χ2v) is 15.1. The van der Waals surface area contributed by atoms with Crippen LogP contribution in [0.25, 0.3) is 11.4 Å². The summed E-state index contributed by atoms with van der Waals surface area (Å²) in [6, 6.07) is 19.4. The van der Waals surface area contributed by atoms with E-state index in [-0.39, 0.29) is 36.7 Å². The number of hydrogen-bond donors (Lipinski definition) is 2. The second-order valence-electron chi connectivity index (χ2n) is 14.1. The fourth-order valence-corrected chi connectivity index (χ4v) is 7.35. The normalized spacial score (nSPS) is 16.3. The summed E-state index contributed by atoms with van der Waals surface area (Å²) in [4.78, 5) is 52.9. The number of carboxylic acid groups (broad SMARTS) is 1. The molecule has 0 bridgehead atoms. The van der Waals surface area contributed by atoms with Gasteiger partial charge in [-0.1, -0.05) is 74.9 Å². The standard InChI is InChI=1S/C38H43N5O4S/c1-24-6-5-7-28(18-24)26-14-16-42(17-15-26)30-20-39-34(40-21-30)27-10-8-25(9-11-27)19-31(36(45)43-22-29(23-43)37(46)47)41-35(44)32-12-13-33(48-32)38(2,3)4/h5-13,18,20-21,26,29,31H,14-17,19,22-23H2,1-4H3,(H,41,44)(H,46,47)/t31-/m0/s1. The van der Waals surface area contributed by atoms with Gasteiger partial charge in [-0.3, -0.25) is 14.4 Å². The van der Waals surface area contributed by atoms with Gasteiger partial charge in [0.2, 0.25) is 5.91 Å². The van der Waals surface area contributed by atoms with Crippen LogP contribution in [0.1, 0.15) is 70.8 Å². The van der Waals surface area contributed by atoms with Gasteiger partial charge in [-0.15, -0.1) is 11.3 Å². The molecule has 4 heterocycles. The molecule has 48 heavy (non-hydrogen) atoms. The van der Waals surface area contributed by atoms with E-state index in [0.717, 1.165) is 47.6 Å². The molecule has 2 amide bonds. The predicted molar refractivity (Wildman–Crippen MR) is 189 cm³/mol. The Morgan fingerprint density at radius 1 is 0.979 bits per heavy atom. The summed E-state index contributed by atoms with van der Waals surface area (Å²) in [5.41, 5.74) is 5.38. The van der Waals surface area contributed by atoms with E-state index in [1.807, 2.05) is 42.7 Å². The van der Waals surface area contributed by atoms with Crippen molar-refractivity contribution in [1.82, 2.24) is 20.2 Å². The van der Waals surface area contributed by atoms with Gasteiger partial charge >= 0.3 is 5.97 Å². The van der Waals surface area contributed by atoms with Crippen molar-refractivity contribution in [2.24, 2.45) is 5.92 Å². The third-order valence-corrected chi connectivity index (χ3v) is 10.9. The number of nitrogens with one attached hydrogen (secondary N) is 1. The molecule has 0 radical (unpaired) electrons. The number of likely N-dealkylation sites (tertiary alicyclic amines) is 1. The molecule has 9 nitrogen and oxygen atoms in total. The minimum atomic E-state index is -0.915. The van der Waals surface area contributed by atoms with Crippen molar-refractivity contribution < 1.29 is 19.5 Å². The van der Waals surface area contributed by atoms with Crippen LogP contribution in [0.2, 0.25) is 0 Å². The zero-order valence-corrected chi connectivity index (χ0v) is 28.8. The molecule has 0 aliphatic carbocycles. The quantitative estimate of drug-likeness (QED) is 0.223. The van der Waals surface area contributed by atoms with E-state index in [0.29, 0.717) is 16.6 Å². The highest BCUT2D eigenvalue weighted by molar-refractivity contribution is 7.14. The summed E-state index contributed by atoms with van der Waals surface area (Å²) in [6.07, 6.45) is 6.25. The highest BCUT2D eigenvalue weighted by Crippen LogP contribution is 2.32. The van der Waals surface area contributed by atoms with E-state index >= 15 is 0 Å². The van der Waals surface area contributed by atoms with Gasteiger partial charge in [0.1, 0.15) is 6.04 Å². The summed E-state index contributed by atoms with van der Waals surface area (Å²) in [5, 5.41) is 12.2. The molecule has 2 aromatic carbocycles. The molecule has 2 saturated heterocycles. The number of anilines is 1. The van der Waals surface area contributed by atoms with Gasteiger partial charge < -0.3 is 20.2 Å². The first kappa shape index (κ1) is 33.3. The summed E-state index contributed by atoms with van der Waals surface area (Å²) < 4.78 is 0. The highest BCUT2D eigenvalue weighted by atomic mass is 32.1. The molecule has 2 fully saturated rings. The fourth-order valence-electron chi connectivity index (χ4n) is 6.38. The van der Waals surface area contributed by atoms with Gasteiger partial charge in [0.15, 0.2) is 5.82 Å². The molecule has 2 aliphatic heterocycles. The molecule has 2 aliphatic rings. The number of thiophene rings is 1. The van der Waals surface area contributed by atoms with Gasteiger partial charge in [-0.2, -0.15) is 0 Å². The Balaban J connectivity index is 1.10. The first-order chi connectivity index (χ1) is 22.9. The number of aliphatic carboxylic acids is 1. The third-order valence-electron chi connectivity index (χ3n) is 9.38. The van der Waals surface area contributed by atoms with E-state index in [1.54, 1.807) is 6.07 Å². The molecule has 6 rings (SSSR count).